The van der Waals surface area contributed by atoms with E-state index in [2.05, 4.69) is 16.3 Å². The van der Waals surface area contributed by atoms with Crippen molar-refractivity contribution in [3.63, 3.8) is 0 Å². The number of anilines is 1. The van der Waals surface area contributed by atoms with Crippen molar-refractivity contribution in [1.82, 2.24) is 10.2 Å². The van der Waals surface area contributed by atoms with Crippen LogP contribution in [-0.2, 0) is 4.74 Å². The summed E-state index contributed by atoms with van der Waals surface area (Å²) >= 11 is 6.10. The van der Waals surface area contributed by atoms with Crippen LogP contribution >= 0.6 is 11.6 Å². The maximum atomic E-state index is 13.0. The van der Waals surface area contributed by atoms with E-state index in [0.717, 1.165) is 31.5 Å². The van der Waals surface area contributed by atoms with Gasteiger partial charge >= 0.3 is 0 Å². The van der Waals surface area contributed by atoms with Gasteiger partial charge in [0.2, 0.25) is 0 Å². The number of nitrogens with one attached hydrogen (secondary N) is 1. The molecular formula is C24H29ClFN3O3. The molecule has 6 nitrogen and oxygen atoms in total. The molecule has 32 heavy (non-hydrogen) atoms. The first-order valence-corrected chi connectivity index (χ1v) is 10.9. The molecule has 1 aliphatic rings. The summed E-state index contributed by atoms with van der Waals surface area (Å²) in [6.07, 6.45) is 5.57. The van der Waals surface area contributed by atoms with Crippen LogP contribution in [0.25, 0.3) is 6.08 Å². The van der Waals surface area contributed by atoms with Gasteiger partial charge in [-0.15, -0.1) is 0 Å². The Morgan fingerprint density at radius 3 is 2.75 bits per heavy atom. The van der Waals surface area contributed by atoms with Crippen LogP contribution < -0.4 is 15.8 Å². The fraction of sp³-hybridized carbons (Fsp3) is 0.375. The lowest BCUT2D eigenvalue weighted by atomic mass is 10.0. The molecule has 0 spiro atoms. The van der Waals surface area contributed by atoms with Gasteiger partial charge in [0.05, 0.1) is 35.5 Å². The number of nitrogens with two attached hydrogens (primary N) is 1. The van der Waals surface area contributed by atoms with Crippen molar-refractivity contribution in [2.45, 2.75) is 25.0 Å². The molecule has 8 heteroatoms. The Kier molecular flexibility index (Phi) is 8.50. The number of nitrogens with zero attached hydrogens (tertiary/aromatic N) is 1. The summed E-state index contributed by atoms with van der Waals surface area (Å²) in [6.45, 7) is 2.43. The Labute approximate surface area is 193 Å². The lowest BCUT2D eigenvalue weighted by Crippen LogP contribution is -2.54. The van der Waals surface area contributed by atoms with Crippen molar-refractivity contribution < 1.29 is 18.7 Å². The van der Waals surface area contributed by atoms with Gasteiger partial charge in [0.1, 0.15) is 11.6 Å². The van der Waals surface area contributed by atoms with Gasteiger partial charge in [0.25, 0.3) is 5.91 Å². The van der Waals surface area contributed by atoms with Crippen LogP contribution in [0.2, 0.25) is 5.02 Å². The van der Waals surface area contributed by atoms with E-state index in [4.69, 9.17) is 26.8 Å². The number of halogens is 2. The highest BCUT2D eigenvalue weighted by Crippen LogP contribution is 2.29. The maximum absolute atomic E-state index is 13.0. The van der Waals surface area contributed by atoms with E-state index in [1.165, 1.54) is 25.3 Å². The average Bonchev–Trinajstić information content (AvgIpc) is 2.80. The molecule has 172 valence electrons. The van der Waals surface area contributed by atoms with Crippen LogP contribution in [0.15, 0.2) is 42.5 Å². The number of likely N-dealkylation sites (tertiary alicyclic amines) is 1. The topological polar surface area (TPSA) is 76.8 Å². The van der Waals surface area contributed by atoms with Gasteiger partial charge < -0.3 is 25.4 Å². The summed E-state index contributed by atoms with van der Waals surface area (Å²) in [4.78, 5) is 15.2. The normalized spacial score (nSPS) is 19.2. The fourth-order valence-electron chi connectivity index (χ4n) is 3.80. The van der Waals surface area contributed by atoms with Crippen LogP contribution in [-0.4, -0.2) is 56.8 Å². The predicted octanol–water partition coefficient (Wildman–Crippen LogP) is 3.99. The molecule has 2 atom stereocenters. The van der Waals surface area contributed by atoms with E-state index >= 15 is 0 Å². The minimum atomic E-state index is -0.272. The molecule has 2 unspecified atom stereocenters. The van der Waals surface area contributed by atoms with E-state index < -0.39 is 0 Å². The number of nitrogen functional groups attached to an aromatic ring is 1. The second kappa shape index (κ2) is 11.3. The van der Waals surface area contributed by atoms with Gasteiger partial charge in [0.15, 0.2) is 0 Å². The molecule has 1 saturated heterocycles. The maximum Gasteiger partial charge on any atom is 0.255 e. The number of rotatable bonds is 8. The third-order valence-electron chi connectivity index (χ3n) is 5.62. The Bertz CT molecular complexity index is 952. The van der Waals surface area contributed by atoms with Crippen molar-refractivity contribution >= 4 is 29.3 Å². The molecule has 0 bridgehead atoms. The van der Waals surface area contributed by atoms with Gasteiger partial charge in [0, 0.05) is 32.8 Å². The molecule has 1 amide bonds. The van der Waals surface area contributed by atoms with Gasteiger partial charge in [-0.25, -0.2) is 4.39 Å². The van der Waals surface area contributed by atoms with Crippen LogP contribution in [0.5, 0.6) is 5.75 Å². The number of methoxy groups -OCH3 is 2. The zero-order chi connectivity index (χ0) is 23.1. The average molecular weight is 462 g/mol. The molecule has 1 aliphatic heterocycles. The van der Waals surface area contributed by atoms with Gasteiger partial charge in [-0.2, -0.15) is 0 Å². The number of hydrogen-bond donors (Lipinski definition) is 2. The van der Waals surface area contributed by atoms with Crippen LogP contribution in [0, 0.1) is 5.82 Å². The zero-order valence-electron chi connectivity index (χ0n) is 18.3. The highest BCUT2D eigenvalue weighted by atomic mass is 35.5. The molecule has 0 aromatic heterocycles. The predicted molar refractivity (Wildman–Crippen MR) is 126 cm³/mol. The van der Waals surface area contributed by atoms with Crippen LogP contribution in [0.4, 0.5) is 10.1 Å². The van der Waals surface area contributed by atoms with Crippen LogP contribution in [0.3, 0.4) is 0 Å². The number of amides is 1. The summed E-state index contributed by atoms with van der Waals surface area (Å²) in [6, 6.07) is 9.36. The summed E-state index contributed by atoms with van der Waals surface area (Å²) in [5, 5.41) is 3.36. The summed E-state index contributed by atoms with van der Waals surface area (Å²) in [5.74, 6) is -0.129. The van der Waals surface area contributed by atoms with Crippen molar-refractivity contribution in [1.29, 1.82) is 0 Å². The van der Waals surface area contributed by atoms with Gasteiger partial charge in [-0.1, -0.05) is 35.9 Å². The molecule has 0 aliphatic carbocycles. The monoisotopic (exact) mass is 461 g/mol. The second-order valence-electron chi connectivity index (χ2n) is 7.76. The Morgan fingerprint density at radius 2 is 2.06 bits per heavy atom. The van der Waals surface area contributed by atoms with Gasteiger partial charge in [-0.05, 0) is 36.6 Å². The highest BCUT2D eigenvalue weighted by Gasteiger charge is 2.31. The number of ether oxygens (including phenoxy) is 2. The van der Waals surface area contributed by atoms with Crippen molar-refractivity contribution in [3.05, 3.63) is 64.4 Å². The first kappa shape index (κ1) is 24.0. The number of carbonyl (C=O) groups excluding carboxylic acids is 1. The Hall–Kier alpha value is -2.61. The first-order valence-electron chi connectivity index (χ1n) is 10.5. The van der Waals surface area contributed by atoms with E-state index in [9.17, 15) is 9.18 Å². The third-order valence-corrected chi connectivity index (χ3v) is 5.95. The molecule has 1 heterocycles. The molecule has 3 N–H and O–H groups in total. The SMILES string of the molecule is COc1cc(N)c(Cl)cc1C(=O)NC1CCN(CCC=Cc2ccc(F)cc2)CC1OC. The van der Waals surface area contributed by atoms with Gasteiger partial charge in [-0.3, -0.25) is 4.79 Å². The lowest BCUT2D eigenvalue weighted by Gasteiger charge is -2.38. The molecular weight excluding hydrogens is 433 g/mol. The van der Waals surface area contributed by atoms with E-state index in [-0.39, 0.29) is 23.9 Å². The molecule has 2 aromatic carbocycles. The van der Waals surface area contributed by atoms with Crippen molar-refractivity contribution in [3.8, 4) is 5.75 Å². The van der Waals surface area contributed by atoms with E-state index in [1.807, 2.05) is 6.08 Å². The summed E-state index contributed by atoms with van der Waals surface area (Å²) in [7, 11) is 3.14. The number of piperidine rings is 1. The molecule has 3 rings (SSSR count). The van der Waals surface area contributed by atoms with E-state index in [0.29, 0.717) is 28.6 Å². The zero-order valence-corrected chi connectivity index (χ0v) is 19.1. The third kappa shape index (κ3) is 6.22. The van der Waals surface area contributed by atoms with E-state index in [1.54, 1.807) is 25.3 Å². The lowest BCUT2D eigenvalue weighted by molar-refractivity contribution is 0.00695. The minimum Gasteiger partial charge on any atom is -0.496 e. The minimum absolute atomic E-state index is 0.125. The Balaban J connectivity index is 1.53. The summed E-state index contributed by atoms with van der Waals surface area (Å²) in [5.41, 5.74) is 7.48. The summed E-state index contributed by atoms with van der Waals surface area (Å²) < 4.78 is 23.9. The number of benzene rings is 2. The largest absolute Gasteiger partial charge is 0.496 e. The highest BCUT2D eigenvalue weighted by molar-refractivity contribution is 6.33. The molecule has 2 aromatic rings. The standard InChI is InChI=1S/C24H29ClFN3O3/c1-31-22-14-20(27)19(25)13-18(22)24(30)28-21-10-12-29(15-23(21)32-2)11-4-3-5-16-6-8-17(26)9-7-16/h3,5-9,13-14,21,23H,4,10-12,15,27H2,1-2H3,(H,28,30). The Morgan fingerprint density at radius 1 is 1.31 bits per heavy atom. The molecule has 0 radical (unpaired) electrons. The smallest absolute Gasteiger partial charge is 0.255 e. The van der Waals surface area contributed by atoms with Crippen LogP contribution in [0.1, 0.15) is 28.8 Å². The molecule has 1 fully saturated rings. The fourth-order valence-corrected chi connectivity index (χ4v) is 3.96. The number of hydrogen-bond acceptors (Lipinski definition) is 5. The van der Waals surface area contributed by atoms with Crippen molar-refractivity contribution in [2.24, 2.45) is 0 Å². The first-order chi connectivity index (χ1) is 15.4. The molecule has 0 saturated carbocycles. The quantitative estimate of drug-likeness (QED) is 0.581. The van der Waals surface area contributed by atoms with Crippen molar-refractivity contribution in [2.75, 3.05) is 39.6 Å². The second-order valence-corrected chi connectivity index (χ2v) is 8.17. The number of carbonyl (C=O) groups is 1.